The van der Waals surface area contributed by atoms with Crippen molar-refractivity contribution in [2.75, 3.05) is 26.2 Å². The maximum absolute atomic E-state index is 12.7. The summed E-state index contributed by atoms with van der Waals surface area (Å²) in [5.41, 5.74) is 0. The van der Waals surface area contributed by atoms with Crippen molar-refractivity contribution in [1.82, 2.24) is 15.1 Å². The van der Waals surface area contributed by atoms with E-state index in [1.54, 1.807) is 4.90 Å². The number of amides is 2. The fraction of sp³-hybridized carbons (Fsp3) is 0.875. The summed E-state index contributed by atoms with van der Waals surface area (Å²) in [6, 6.07) is 0.734. The summed E-state index contributed by atoms with van der Waals surface area (Å²) in [5.74, 6) is 0.337. The second-order valence-electron chi connectivity index (χ2n) is 6.66. The van der Waals surface area contributed by atoms with E-state index in [1.165, 1.54) is 6.42 Å². The Morgan fingerprint density at radius 2 is 1.86 bits per heavy atom. The van der Waals surface area contributed by atoms with Crippen LogP contribution < -0.4 is 5.32 Å². The first-order valence-electron chi connectivity index (χ1n) is 8.55. The molecular formula is C16H28ClN3O2. The van der Waals surface area contributed by atoms with Gasteiger partial charge in [0.1, 0.15) is 0 Å². The van der Waals surface area contributed by atoms with Crippen LogP contribution in [0.2, 0.25) is 0 Å². The van der Waals surface area contributed by atoms with E-state index >= 15 is 0 Å². The van der Waals surface area contributed by atoms with Crippen LogP contribution in [-0.4, -0.2) is 59.9 Å². The molecule has 2 unspecified atom stereocenters. The predicted octanol–water partition coefficient (Wildman–Crippen LogP) is 1.55. The molecule has 3 saturated heterocycles. The number of fused-ring (bicyclic) bond motifs is 2. The Kier molecular flexibility index (Phi) is 6.50. The molecule has 0 aromatic carbocycles. The number of nitrogens with one attached hydrogen (secondary N) is 1. The summed E-state index contributed by atoms with van der Waals surface area (Å²) in [6.07, 6.45) is 8.24. The molecule has 5 nitrogen and oxygen atoms in total. The zero-order valence-corrected chi connectivity index (χ0v) is 14.1. The number of carbonyl (C=O) groups excluding carboxylic acids is 2. The highest BCUT2D eigenvalue weighted by Crippen LogP contribution is 2.28. The maximum Gasteiger partial charge on any atom is 0.242 e. The quantitative estimate of drug-likeness (QED) is 0.836. The molecule has 3 heterocycles. The Morgan fingerprint density at radius 1 is 1.09 bits per heavy atom. The van der Waals surface area contributed by atoms with E-state index in [1.807, 2.05) is 0 Å². The van der Waals surface area contributed by atoms with Crippen molar-refractivity contribution in [3.05, 3.63) is 0 Å². The molecule has 3 aliphatic rings. The van der Waals surface area contributed by atoms with Crippen molar-refractivity contribution in [3.8, 4) is 0 Å². The lowest BCUT2D eigenvalue weighted by atomic mass is 10.1. The molecule has 0 aliphatic carbocycles. The van der Waals surface area contributed by atoms with Crippen LogP contribution in [0.1, 0.15) is 51.4 Å². The number of nitrogens with zero attached hydrogens (tertiary/aromatic N) is 2. The summed E-state index contributed by atoms with van der Waals surface area (Å²) >= 11 is 0. The van der Waals surface area contributed by atoms with Crippen molar-refractivity contribution >= 4 is 24.2 Å². The van der Waals surface area contributed by atoms with Gasteiger partial charge >= 0.3 is 0 Å². The molecule has 126 valence electrons. The minimum Gasteiger partial charge on any atom is -0.334 e. The average molecular weight is 330 g/mol. The zero-order valence-electron chi connectivity index (χ0n) is 13.3. The average Bonchev–Trinajstić information content (AvgIpc) is 2.72. The van der Waals surface area contributed by atoms with Gasteiger partial charge in [-0.15, -0.1) is 12.4 Å². The van der Waals surface area contributed by atoms with Gasteiger partial charge < -0.3 is 15.1 Å². The van der Waals surface area contributed by atoms with Gasteiger partial charge in [-0.25, -0.2) is 0 Å². The number of likely N-dealkylation sites (tertiary alicyclic amines) is 1. The second-order valence-corrected chi connectivity index (χ2v) is 6.66. The van der Waals surface area contributed by atoms with Gasteiger partial charge in [0.2, 0.25) is 11.8 Å². The summed E-state index contributed by atoms with van der Waals surface area (Å²) in [4.78, 5) is 28.8. The third-order valence-electron chi connectivity index (χ3n) is 5.19. The van der Waals surface area contributed by atoms with Crippen LogP contribution in [0.3, 0.4) is 0 Å². The van der Waals surface area contributed by atoms with E-state index in [2.05, 4.69) is 10.2 Å². The van der Waals surface area contributed by atoms with Gasteiger partial charge in [0.15, 0.2) is 0 Å². The van der Waals surface area contributed by atoms with Crippen LogP contribution in [0.5, 0.6) is 0 Å². The molecule has 22 heavy (non-hydrogen) atoms. The fourth-order valence-electron chi connectivity index (χ4n) is 4.02. The number of hydrogen-bond donors (Lipinski definition) is 1. The smallest absolute Gasteiger partial charge is 0.242 e. The molecule has 0 saturated carbocycles. The Balaban J connectivity index is 0.00000176. The maximum atomic E-state index is 12.7. The molecule has 1 N–H and O–H groups in total. The molecule has 3 rings (SSSR count). The minimum absolute atomic E-state index is 0. The normalized spacial score (nSPS) is 29.4. The highest BCUT2D eigenvalue weighted by Gasteiger charge is 2.38. The highest BCUT2D eigenvalue weighted by molar-refractivity contribution is 5.85. The van der Waals surface area contributed by atoms with Crippen LogP contribution in [0.4, 0.5) is 0 Å². The topological polar surface area (TPSA) is 52.7 Å². The van der Waals surface area contributed by atoms with Crippen molar-refractivity contribution in [2.45, 2.75) is 63.5 Å². The third-order valence-corrected chi connectivity index (χ3v) is 5.19. The van der Waals surface area contributed by atoms with Crippen LogP contribution in [0.25, 0.3) is 0 Å². The van der Waals surface area contributed by atoms with E-state index in [0.29, 0.717) is 25.0 Å². The Bertz CT molecular complexity index is 391. The van der Waals surface area contributed by atoms with Crippen molar-refractivity contribution in [1.29, 1.82) is 0 Å². The number of halogens is 1. The van der Waals surface area contributed by atoms with Gasteiger partial charge in [0, 0.05) is 31.6 Å². The van der Waals surface area contributed by atoms with E-state index in [-0.39, 0.29) is 24.2 Å². The van der Waals surface area contributed by atoms with Crippen molar-refractivity contribution in [3.63, 3.8) is 0 Å². The first kappa shape index (κ1) is 17.5. The molecule has 3 aliphatic heterocycles. The van der Waals surface area contributed by atoms with Crippen molar-refractivity contribution < 1.29 is 9.59 Å². The molecule has 0 aromatic rings. The first-order valence-corrected chi connectivity index (χ1v) is 8.55. The zero-order chi connectivity index (χ0) is 14.7. The number of carbonyl (C=O) groups is 2. The van der Waals surface area contributed by atoms with E-state index in [0.717, 1.165) is 58.2 Å². The summed E-state index contributed by atoms with van der Waals surface area (Å²) in [6.45, 7) is 2.97. The Hall–Kier alpha value is -0.810. The molecule has 3 fully saturated rings. The van der Waals surface area contributed by atoms with E-state index in [9.17, 15) is 9.59 Å². The molecule has 6 heteroatoms. The molecule has 2 amide bonds. The molecule has 2 atom stereocenters. The largest absolute Gasteiger partial charge is 0.334 e. The van der Waals surface area contributed by atoms with Crippen LogP contribution in [0.15, 0.2) is 0 Å². The third kappa shape index (κ3) is 3.93. The summed E-state index contributed by atoms with van der Waals surface area (Å²) in [5, 5.41) is 3.42. The molecule has 0 spiro atoms. The van der Waals surface area contributed by atoms with Crippen molar-refractivity contribution in [2.24, 2.45) is 0 Å². The Morgan fingerprint density at radius 3 is 2.73 bits per heavy atom. The molecule has 0 radical (unpaired) electrons. The minimum atomic E-state index is 0. The SMILES string of the molecule is Cl.O=C1CCCCCCN1CC(=O)N1C2CCNCC1CC2. The van der Waals surface area contributed by atoms with Crippen LogP contribution >= 0.6 is 12.4 Å². The Labute approximate surface area is 139 Å². The van der Waals surface area contributed by atoms with Gasteiger partial charge in [0.25, 0.3) is 0 Å². The molecular weight excluding hydrogens is 302 g/mol. The van der Waals surface area contributed by atoms with Crippen LogP contribution in [0, 0.1) is 0 Å². The van der Waals surface area contributed by atoms with Gasteiger partial charge in [-0.2, -0.15) is 0 Å². The predicted molar refractivity (Wildman–Crippen MR) is 88.1 cm³/mol. The summed E-state index contributed by atoms with van der Waals surface area (Å²) in [7, 11) is 0. The monoisotopic (exact) mass is 329 g/mol. The first-order chi connectivity index (χ1) is 10.3. The van der Waals surface area contributed by atoms with Gasteiger partial charge in [0.05, 0.1) is 6.54 Å². The highest BCUT2D eigenvalue weighted by atomic mass is 35.5. The standard InChI is InChI=1S/C16H27N3O2.ClH/c20-15-5-3-1-2-4-10-18(15)12-16(21)19-13-6-7-14(19)11-17-9-8-13;/h13-14,17H,1-12H2;1H. The lowest BCUT2D eigenvalue weighted by molar-refractivity contribution is -0.142. The lowest BCUT2D eigenvalue weighted by Crippen LogP contribution is -2.48. The molecule has 0 aromatic heterocycles. The lowest BCUT2D eigenvalue weighted by Gasteiger charge is -2.31. The van der Waals surface area contributed by atoms with E-state index in [4.69, 9.17) is 0 Å². The van der Waals surface area contributed by atoms with Gasteiger partial charge in [-0.05, 0) is 38.6 Å². The number of hydrogen-bond acceptors (Lipinski definition) is 3. The second kappa shape index (κ2) is 8.16. The summed E-state index contributed by atoms with van der Waals surface area (Å²) < 4.78 is 0. The van der Waals surface area contributed by atoms with Gasteiger partial charge in [-0.3, -0.25) is 9.59 Å². The molecule has 2 bridgehead atoms. The number of rotatable bonds is 2. The van der Waals surface area contributed by atoms with E-state index < -0.39 is 0 Å². The van der Waals surface area contributed by atoms with Gasteiger partial charge in [-0.1, -0.05) is 12.8 Å². The van der Waals surface area contributed by atoms with Crippen LogP contribution in [-0.2, 0) is 9.59 Å². The fourth-order valence-corrected chi connectivity index (χ4v) is 4.02.